The van der Waals surface area contributed by atoms with Crippen LogP contribution in [0.25, 0.3) is 0 Å². The van der Waals surface area contributed by atoms with E-state index in [2.05, 4.69) is 5.32 Å². The Morgan fingerprint density at radius 3 is 2.29 bits per heavy atom. The van der Waals surface area contributed by atoms with Crippen LogP contribution in [0.4, 0.5) is 8.78 Å². The first kappa shape index (κ1) is 13.3. The van der Waals surface area contributed by atoms with E-state index < -0.39 is 30.4 Å². The number of hydrogen-bond donors (Lipinski definition) is 2. The number of hydrogen-bond acceptors (Lipinski definition) is 2. The van der Waals surface area contributed by atoms with Crippen molar-refractivity contribution in [1.29, 1.82) is 0 Å². The fourth-order valence-corrected chi connectivity index (χ4v) is 0.665. The van der Waals surface area contributed by atoms with E-state index >= 15 is 0 Å². The summed E-state index contributed by atoms with van der Waals surface area (Å²) >= 11 is 0. The Labute approximate surface area is 82.5 Å². The highest BCUT2D eigenvalue weighted by molar-refractivity contribution is 5.81. The standard InChI is InChI=1S/C9H17F2NO2/c1-4-8(2,3)7(14)12-5-9(10,11)6-13/h13H,4-6H2,1-3H3,(H,12,14). The van der Waals surface area contributed by atoms with Gasteiger partial charge in [-0.25, -0.2) is 8.78 Å². The zero-order valence-electron chi connectivity index (χ0n) is 8.73. The van der Waals surface area contributed by atoms with Crippen molar-refractivity contribution in [3.05, 3.63) is 0 Å². The lowest BCUT2D eigenvalue weighted by molar-refractivity contribution is -0.132. The second-order valence-corrected chi connectivity index (χ2v) is 3.93. The molecular formula is C9H17F2NO2. The second-order valence-electron chi connectivity index (χ2n) is 3.93. The topological polar surface area (TPSA) is 49.3 Å². The summed E-state index contributed by atoms with van der Waals surface area (Å²) in [5.41, 5.74) is -0.647. The first-order valence-corrected chi connectivity index (χ1v) is 4.52. The third kappa shape index (κ3) is 4.00. The number of halogens is 2. The van der Waals surface area contributed by atoms with Crippen molar-refractivity contribution < 1.29 is 18.7 Å². The van der Waals surface area contributed by atoms with Gasteiger partial charge in [0.1, 0.15) is 6.61 Å². The molecule has 0 spiro atoms. The van der Waals surface area contributed by atoms with Crippen molar-refractivity contribution in [1.82, 2.24) is 5.32 Å². The predicted molar refractivity (Wildman–Crippen MR) is 49.1 cm³/mol. The summed E-state index contributed by atoms with van der Waals surface area (Å²) in [4.78, 5) is 11.3. The Bertz CT molecular complexity index is 205. The average Bonchev–Trinajstić information content (AvgIpc) is 2.14. The first-order valence-electron chi connectivity index (χ1n) is 4.52. The van der Waals surface area contributed by atoms with Crippen molar-refractivity contribution in [2.45, 2.75) is 33.1 Å². The van der Waals surface area contributed by atoms with E-state index in [0.717, 1.165) is 0 Å². The molecule has 0 heterocycles. The number of rotatable bonds is 5. The van der Waals surface area contributed by atoms with Gasteiger partial charge in [0.2, 0.25) is 5.91 Å². The van der Waals surface area contributed by atoms with Crippen LogP contribution < -0.4 is 5.32 Å². The zero-order valence-corrected chi connectivity index (χ0v) is 8.73. The van der Waals surface area contributed by atoms with E-state index in [4.69, 9.17) is 5.11 Å². The first-order chi connectivity index (χ1) is 6.25. The van der Waals surface area contributed by atoms with E-state index in [-0.39, 0.29) is 0 Å². The molecule has 5 heteroatoms. The number of carbonyl (C=O) groups is 1. The van der Waals surface area contributed by atoms with Gasteiger partial charge in [-0.3, -0.25) is 4.79 Å². The Balaban J connectivity index is 4.10. The Morgan fingerprint density at radius 1 is 1.43 bits per heavy atom. The molecule has 0 radical (unpaired) electrons. The molecule has 0 saturated carbocycles. The lowest BCUT2D eigenvalue weighted by atomic mass is 9.89. The third-order valence-electron chi connectivity index (χ3n) is 2.24. The summed E-state index contributed by atoms with van der Waals surface area (Å²) in [6.45, 7) is 3.11. The van der Waals surface area contributed by atoms with Crippen molar-refractivity contribution in [3.63, 3.8) is 0 Å². The molecule has 2 N–H and O–H groups in total. The SMILES string of the molecule is CCC(C)(C)C(=O)NCC(F)(F)CO. The van der Waals surface area contributed by atoms with Crippen LogP contribution in [0, 0.1) is 5.41 Å². The number of alkyl halides is 2. The largest absolute Gasteiger partial charge is 0.390 e. The number of aliphatic hydroxyl groups excluding tert-OH is 1. The molecule has 0 bridgehead atoms. The fourth-order valence-electron chi connectivity index (χ4n) is 0.665. The van der Waals surface area contributed by atoms with Gasteiger partial charge in [-0.1, -0.05) is 20.8 Å². The molecule has 0 fully saturated rings. The van der Waals surface area contributed by atoms with E-state index in [9.17, 15) is 13.6 Å². The van der Waals surface area contributed by atoms with E-state index in [1.165, 1.54) is 0 Å². The average molecular weight is 209 g/mol. The van der Waals surface area contributed by atoms with Crippen LogP contribution in [0.1, 0.15) is 27.2 Å². The Kier molecular flexibility index (Phi) is 4.45. The van der Waals surface area contributed by atoms with Gasteiger partial charge in [0, 0.05) is 5.41 Å². The molecule has 0 aromatic rings. The van der Waals surface area contributed by atoms with Gasteiger partial charge < -0.3 is 10.4 Å². The number of amides is 1. The molecule has 84 valence electrons. The van der Waals surface area contributed by atoms with Gasteiger partial charge in [-0.2, -0.15) is 0 Å². The van der Waals surface area contributed by atoms with Crippen LogP contribution in [-0.2, 0) is 4.79 Å². The van der Waals surface area contributed by atoms with Crippen LogP contribution in [0.2, 0.25) is 0 Å². The van der Waals surface area contributed by atoms with Crippen LogP contribution in [0.5, 0.6) is 0 Å². The van der Waals surface area contributed by atoms with Crippen molar-refractivity contribution in [2.24, 2.45) is 5.41 Å². The predicted octanol–water partition coefficient (Wildman–Crippen LogP) is 1.17. The monoisotopic (exact) mass is 209 g/mol. The highest BCUT2D eigenvalue weighted by Crippen LogP contribution is 2.20. The molecule has 0 saturated heterocycles. The van der Waals surface area contributed by atoms with E-state index in [0.29, 0.717) is 6.42 Å². The minimum absolute atomic E-state index is 0.423. The molecule has 0 aliphatic rings. The van der Waals surface area contributed by atoms with E-state index in [1.54, 1.807) is 13.8 Å². The molecule has 0 aromatic carbocycles. The van der Waals surface area contributed by atoms with Gasteiger partial charge >= 0.3 is 0 Å². The number of aliphatic hydroxyl groups is 1. The van der Waals surface area contributed by atoms with Gasteiger partial charge in [0.25, 0.3) is 5.92 Å². The van der Waals surface area contributed by atoms with Crippen molar-refractivity contribution >= 4 is 5.91 Å². The normalized spacial score (nSPS) is 12.7. The van der Waals surface area contributed by atoms with Crippen LogP contribution in [0.15, 0.2) is 0 Å². The molecule has 0 atom stereocenters. The quantitative estimate of drug-likeness (QED) is 0.714. The molecule has 0 unspecified atom stereocenters. The van der Waals surface area contributed by atoms with Crippen LogP contribution >= 0.6 is 0 Å². The maximum absolute atomic E-state index is 12.5. The van der Waals surface area contributed by atoms with E-state index in [1.807, 2.05) is 6.92 Å². The lowest BCUT2D eigenvalue weighted by Crippen LogP contribution is -2.44. The van der Waals surface area contributed by atoms with Crippen LogP contribution in [0.3, 0.4) is 0 Å². The molecule has 0 rings (SSSR count). The maximum atomic E-state index is 12.5. The summed E-state index contributed by atoms with van der Waals surface area (Å²) in [5, 5.41) is 10.4. The molecule has 3 nitrogen and oxygen atoms in total. The third-order valence-corrected chi connectivity index (χ3v) is 2.24. The number of carbonyl (C=O) groups excluding carboxylic acids is 1. The molecule has 1 amide bonds. The van der Waals surface area contributed by atoms with Crippen LogP contribution in [-0.4, -0.2) is 30.1 Å². The van der Waals surface area contributed by atoms with Gasteiger partial charge in [-0.05, 0) is 6.42 Å². The summed E-state index contributed by atoms with van der Waals surface area (Å²) in [5.74, 6) is -3.66. The summed E-state index contributed by atoms with van der Waals surface area (Å²) in [6, 6.07) is 0. The Morgan fingerprint density at radius 2 is 1.93 bits per heavy atom. The number of nitrogens with one attached hydrogen (secondary N) is 1. The van der Waals surface area contributed by atoms with Gasteiger partial charge in [0.05, 0.1) is 6.54 Å². The summed E-state index contributed by atoms with van der Waals surface area (Å²) in [7, 11) is 0. The molecular weight excluding hydrogens is 192 g/mol. The maximum Gasteiger partial charge on any atom is 0.287 e. The van der Waals surface area contributed by atoms with Gasteiger partial charge in [-0.15, -0.1) is 0 Å². The molecule has 0 aromatic heterocycles. The highest BCUT2D eigenvalue weighted by atomic mass is 19.3. The summed E-state index contributed by atoms with van der Waals surface area (Å²) < 4.78 is 25.1. The molecule has 0 aliphatic carbocycles. The molecule has 0 aliphatic heterocycles. The second kappa shape index (κ2) is 4.68. The van der Waals surface area contributed by atoms with Crippen molar-refractivity contribution in [2.75, 3.05) is 13.2 Å². The molecule has 14 heavy (non-hydrogen) atoms. The Hall–Kier alpha value is -0.710. The fraction of sp³-hybridized carbons (Fsp3) is 0.889. The summed E-state index contributed by atoms with van der Waals surface area (Å²) in [6.07, 6.45) is 0.573. The zero-order chi connectivity index (χ0) is 11.4. The van der Waals surface area contributed by atoms with Gasteiger partial charge in [0.15, 0.2) is 0 Å². The smallest absolute Gasteiger partial charge is 0.287 e. The lowest BCUT2D eigenvalue weighted by Gasteiger charge is -2.23. The van der Waals surface area contributed by atoms with Crippen molar-refractivity contribution in [3.8, 4) is 0 Å². The minimum Gasteiger partial charge on any atom is -0.390 e. The minimum atomic E-state index is -3.24. The highest BCUT2D eigenvalue weighted by Gasteiger charge is 2.31.